The Morgan fingerprint density at radius 3 is 2.77 bits per heavy atom. The van der Waals surface area contributed by atoms with Gasteiger partial charge in [-0.3, -0.25) is 0 Å². The second-order valence-corrected chi connectivity index (χ2v) is 9.42. The van der Waals surface area contributed by atoms with Crippen molar-refractivity contribution in [1.82, 2.24) is 4.72 Å². The number of para-hydroxylation sites is 1. The first kappa shape index (κ1) is 21.1. The number of furan rings is 1. The molecule has 2 aromatic carbocycles. The molecule has 0 spiro atoms. The van der Waals surface area contributed by atoms with Crippen LogP contribution in [0.3, 0.4) is 0 Å². The number of benzene rings is 2. The van der Waals surface area contributed by atoms with Crippen molar-refractivity contribution in [2.24, 2.45) is 0 Å². The van der Waals surface area contributed by atoms with Crippen LogP contribution in [-0.2, 0) is 26.9 Å². The smallest absolute Gasteiger partial charge is 0.464 e. The Hall–Kier alpha value is -2.17. The van der Waals surface area contributed by atoms with Gasteiger partial charge >= 0.3 is 7.12 Å². The molecule has 9 heteroatoms. The zero-order valence-corrected chi connectivity index (χ0v) is 17.2. The van der Waals surface area contributed by atoms with Crippen molar-refractivity contribution in [3.8, 4) is 0 Å². The minimum Gasteiger partial charge on any atom is -0.464 e. The molecule has 30 heavy (non-hydrogen) atoms. The standard InChI is InChI=1S/C21H24BNO6S/c24-22(25)21(11-18-13-29-20-7-2-1-6-19(18)20)23-30(26,27)14-15-4-3-5-16(10-15)17-8-9-28-12-17/h1-7,10,13,17,21,23-25H,8-9,11-12,14H2/t17?,21-/m0/s1. The average Bonchev–Trinajstić information content (AvgIpc) is 3.38. The summed E-state index contributed by atoms with van der Waals surface area (Å²) in [7, 11) is -5.66. The first-order valence-electron chi connectivity index (χ1n) is 9.89. The normalized spacial score (nSPS) is 18.0. The highest BCUT2D eigenvalue weighted by Crippen LogP contribution is 2.26. The van der Waals surface area contributed by atoms with Crippen molar-refractivity contribution in [3.05, 3.63) is 71.5 Å². The van der Waals surface area contributed by atoms with Gasteiger partial charge in [0.05, 0.1) is 24.6 Å². The first-order valence-corrected chi connectivity index (χ1v) is 11.5. The van der Waals surface area contributed by atoms with Crippen LogP contribution in [0.15, 0.2) is 59.2 Å². The quantitative estimate of drug-likeness (QED) is 0.473. The molecule has 2 heterocycles. The highest BCUT2D eigenvalue weighted by atomic mass is 32.2. The zero-order chi connectivity index (χ0) is 21.1. The van der Waals surface area contributed by atoms with E-state index < -0.39 is 23.1 Å². The van der Waals surface area contributed by atoms with Crippen molar-refractivity contribution in [3.63, 3.8) is 0 Å². The molecule has 2 atom stereocenters. The molecule has 1 aliphatic rings. The largest absolute Gasteiger partial charge is 0.471 e. The molecular formula is C21H24BNO6S. The maximum absolute atomic E-state index is 12.8. The lowest BCUT2D eigenvalue weighted by Crippen LogP contribution is -2.48. The summed E-state index contributed by atoms with van der Waals surface area (Å²) in [4.78, 5) is 0. The molecule has 0 saturated carbocycles. The van der Waals surface area contributed by atoms with Crippen LogP contribution >= 0.6 is 0 Å². The third-order valence-electron chi connectivity index (χ3n) is 5.40. The van der Waals surface area contributed by atoms with Gasteiger partial charge in [-0.1, -0.05) is 42.5 Å². The molecule has 0 bridgehead atoms. The van der Waals surface area contributed by atoms with Gasteiger partial charge in [-0.15, -0.1) is 0 Å². The van der Waals surface area contributed by atoms with E-state index in [1.54, 1.807) is 12.1 Å². The monoisotopic (exact) mass is 429 g/mol. The molecule has 0 amide bonds. The lowest BCUT2D eigenvalue weighted by atomic mass is 9.77. The summed E-state index contributed by atoms with van der Waals surface area (Å²) >= 11 is 0. The van der Waals surface area contributed by atoms with E-state index in [0.717, 1.165) is 17.4 Å². The summed E-state index contributed by atoms with van der Waals surface area (Å²) in [5.74, 6) is -1.06. The molecule has 3 N–H and O–H groups in total. The second-order valence-electron chi connectivity index (χ2n) is 7.66. The van der Waals surface area contributed by atoms with E-state index in [1.165, 1.54) is 6.26 Å². The topological polar surface area (TPSA) is 109 Å². The van der Waals surface area contributed by atoms with Gasteiger partial charge in [-0.05, 0) is 35.6 Å². The predicted octanol–water partition coefficient (Wildman–Crippen LogP) is 1.98. The van der Waals surface area contributed by atoms with Gasteiger partial charge in [0.1, 0.15) is 5.58 Å². The predicted molar refractivity (Wildman–Crippen MR) is 114 cm³/mol. The summed E-state index contributed by atoms with van der Waals surface area (Å²) in [5.41, 5.74) is 3.07. The Balaban J connectivity index is 1.48. The molecule has 158 valence electrons. The number of nitrogens with one attached hydrogen (secondary N) is 1. The van der Waals surface area contributed by atoms with E-state index in [2.05, 4.69) is 4.72 Å². The zero-order valence-electron chi connectivity index (χ0n) is 16.4. The van der Waals surface area contributed by atoms with Crippen LogP contribution in [-0.4, -0.2) is 44.7 Å². The molecular weight excluding hydrogens is 405 g/mol. The average molecular weight is 429 g/mol. The number of sulfonamides is 1. The molecule has 0 radical (unpaired) electrons. The van der Waals surface area contributed by atoms with Crippen LogP contribution in [0.2, 0.25) is 0 Å². The van der Waals surface area contributed by atoms with Crippen molar-refractivity contribution < 1.29 is 27.6 Å². The van der Waals surface area contributed by atoms with E-state index in [4.69, 9.17) is 9.15 Å². The SMILES string of the molecule is O=S(=O)(Cc1cccc(C2CCOC2)c1)N[C@@H](Cc1coc2ccccc12)B(O)O. The maximum atomic E-state index is 12.8. The molecule has 1 fully saturated rings. The lowest BCUT2D eigenvalue weighted by Gasteiger charge is -2.18. The van der Waals surface area contributed by atoms with E-state index >= 15 is 0 Å². The van der Waals surface area contributed by atoms with Crippen LogP contribution in [0.25, 0.3) is 11.0 Å². The van der Waals surface area contributed by atoms with Gasteiger partial charge in [-0.2, -0.15) is 0 Å². The summed E-state index contributed by atoms with van der Waals surface area (Å²) in [5, 5.41) is 20.4. The third kappa shape index (κ3) is 4.93. The number of fused-ring (bicyclic) bond motifs is 1. The van der Waals surface area contributed by atoms with E-state index in [1.807, 2.05) is 36.4 Å². The minimum absolute atomic E-state index is 0.0906. The van der Waals surface area contributed by atoms with Crippen LogP contribution in [0.4, 0.5) is 0 Å². The number of hydrogen-bond acceptors (Lipinski definition) is 6. The van der Waals surface area contributed by atoms with E-state index in [0.29, 0.717) is 29.9 Å². The fraction of sp³-hybridized carbons (Fsp3) is 0.333. The van der Waals surface area contributed by atoms with Crippen molar-refractivity contribution >= 4 is 28.1 Å². The third-order valence-corrected chi connectivity index (χ3v) is 6.78. The molecule has 0 aliphatic carbocycles. The van der Waals surface area contributed by atoms with Gasteiger partial charge in [0, 0.05) is 17.9 Å². The van der Waals surface area contributed by atoms with Gasteiger partial charge in [-0.25, -0.2) is 13.1 Å². The van der Waals surface area contributed by atoms with E-state index in [-0.39, 0.29) is 18.1 Å². The van der Waals surface area contributed by atoms with Gasteiger partial charge in [0.15, 0.2) is 0 Å². The van der Waals surface area contributed by atoms with Crippen LogP contribution < -0.4 is 4.72 Å². The lowest BCUT2D eigenvalue weighted by molar-refractivity contribution is 0.194. The Labute approximate surface area is 175 Å². The summed E-state index contributed by atoms with van der Waals surface area (Å²) < 4.78 is 38.8. The molecule has 7 nitrogen and oxygen atoms in total. The van der Waals surface area contributed by atoms with Crippen molar-refractivity contribution in [2.45, 2.75) is 30.5 Å². The van der Waals surface area contributed by atoms with Gasteiger partial charge < -0.3 is 19.2 Å². The Morgan fingerprint density at radius 2 is 2.00 bits per heavy atom. The van der Waals surface area contributed by atoms with Crippen molar-refractivity contribution in [2.75, 3.05) is 13.2 Å². The number of rotatable bonds is 8. The molecule has 4 rings (SSSR count). The summed E-state index contributed by atoms with van der Waals surface area (Å²) in [6.07, 6.45) is 2.53. The fourth-order valence-electron chi connectivity index (χ4n) is 3.86. The fourth-order valence-corrected chi connectivity index (χ4v) is 5.23. The van der Waals surface area contributed by atoms with Crippen molar-refractivity contribution in [1.29, 1.82) is 0 Å². The molecule has 1 saturated heterocycles. The number of ether oxygens (including phenoxy) is 1. The Kier molecular flexibility index (Phi) is 6.26. The maximum Gasteiger partial charge on any atom is 0.471 e. The number of hydrogen-bond donors (Lipinski definition) is 3. The van der Waals surface area contributed by atoms with Crippen LogP contribution in [0, 0.1) is 0 Å². The van der Waals surface area contributed by atoms with Crippen LogP contribution in [0.1, 0.15) is 29.0 Å². The Morgan fingerprint density at radius 1 is 1.17 bits per heavy atom. The Bertz CT molecular complexity index is 1110. The van der Waals surface area contributed by atoms with Crippen LogP contribution in [0.5, 0.6) is 0 Å². The van der Waals surface area contributed by atoms with Gasteiger partial charge in [0.2, 0.25) is 10.0 Å². The molecule has 1 aromatic heterocycles. The molecule has 1 aliphatic heterocycles. The van der Waals surface area contributed by atoms with E-state index in [9.17, 15) is 18.5 Å². The molecule has 1 unspecified atom stereocenters. The molecule has 3 aromatic rings. The first-order chi connectivity index (χ1) is 14.4. The highest BCUT2D eigenvalue weighted by Gasteiger charge is 2.30. The summed E-state index contributed by atoms with van der Waals surface area (Å²) in [6.45, 7) is 1.36. The minimum atomic E-state index is -3.81. The highest BCUT2D eigenvalue weighted by molar-refractivity contribution is 7.88. The summed E-state index contributed by atoms with van der Waals surface area (Å²) in [6, 6.07) is 14.8. The second kappa shape index (κ2) is 8.91. The van der Waals surface area contributed by atoms with Gasteiger partial charge in [0.25, 0.3) is 0 Å².